The van der Waals surface area contributed by atoms with Crippen molar-refractivity contribution in [2.75, 3.05) is 7.05 Å². The maximum absolute atomic E-state index is 12.1. The monoisotopic (exact) mass is 271 g/mol. The number of likely N-dealkylation sites (N-methyl/N-ethyl adjacent to an activating group) is 1. The van der Waals surface area contributed by atoms with Gasteiger partial charge in [0.05, 0.1) is 12.1 Å². The van der Waals surface area contributed by atoms with Crippen molar-refractivity contribution in [1.29, 1.82) is 0 Å². The van der Waals surface area contributed by atoms with Gasteiger partial charge in [0, 0.05) is 7.05 Å². The molecule has 0 bridgehead atoms. The van der Waals surface area contributed by atoms with Crippen LogP contribution in [0.5, 0.6) is 0 Å². The van der Waals surface area contributed by atoms with Gasteiger partial charge in [-0.25, -0.2) is 4.79 Å². The van der Waals surface area contributed by atoms with Gasteiger partial charge in [0.25, 0.3) is 0 Å². The van der Waals surface area contributed by atoms with Crippen LogP contribution in [-0.2, 0) is 4.74 Å². The first-order valence-electron chi connectivity index (χ1n) is 6.88. The fraction of sp³-hybridized carbons (Fsp3) is 0.800. The van der Waals surface area contributed by atoms with Gasteiger partial charge in [-0.05, 0) is 33.1 Å². The quantitative estimate of drug-likeness (QED) is 0.755. The number of rotatable bonds is 6. The molecule has 0 radical (unpaired) electrons. The zero-order chi connectivity index (χ0) is 15.2. The second-order valence-electron chi connectivity index (χ2n) is 6.06. The van der Waals surface area contributed by atoms with Crippen molar-refractivity contribution in [3.05, 3.63) is 12.7 Å². The van der Waals surface area contributed by atoms with Crippen LogP contribution in [0.2, 0.25) is 0 Å². The minimum atomic E-state index is -0.620. The maximum atomic E-state index is 12.1. The first-order valence-corrected chi connectivity index (χ1v) is 6.88. The molecule has 0 aliphatic carbocycles. The van der Waals surface area contributed by atoms with E-state index in [1.54, 1.807) is 13.1 Å². The number of amides is 1. The van der Waals surface area contributed by atoms with E-state index in [1.165, 1.54) is 4.90 Å². The van der Waals surface area contributed by atoms with Crippen LogP contribution < -0.4 is 0 Å². The molecule has 0 aromatic carbocycles. The van der Waals surface area contributed by atoms with Crippen molar-refractivity contribution in [2.45, 2.75) is 65.2 Å². The fourth-order valence-electron chi connectivity index (χ4n) is 2.03. The Morgan fingerprint density at radius 2 is 2.00 bits per heavy atom. The zero-order valence-electron chi connectivity index (χ0n) is 13.1. The molecule has 0 saturated heterocycles. The van der Waals surface area contributed by atoms with Crippen LogP contribution in [0.1, 0.15) is 47.5 Å². The van der Waals surface area contributed by atoms with Crippen molar-refractivity contribution < 1.29 is 14.6 Å². The minimum absolute atomic E-state index is 0.187. The highest BCUT2D eigenvalue weighted by Crippen LogP contribution is 2.21. The SMILES string of the molecule is C=CC[C@@H](O)[C@H]([C@@H](C)CC)N(C)C(=O)OC(C)(C)C. The number of nitrogens with zero attached hydrogens (tertiary/aromatic N) is 1. The molecule has 0 aliphatic heterocycles. The molecule has 4 heteroatoms. The van der Waals surface area contributed by atoms with E-state index in [2.05, 4.69) is 6.58 Å². The summed E-state index contributed by atoms with van der Waals surface area (Å²) in [7, 11) is 1.68. The number of hydrogen-bond acceptors (Lipinski definition) is 3. The Balaban J connectivity index is 4.94. The Morgan fingerprint density at radius 1 is 1.47 bits per heavy atom. The Morgan fingerprint density at radius 3 is 2.37 bits per heavy atom. The topological polar surface area (TPSA) is 49.8 Å². The molecule has 0 heterocycles. The molecule has 0 fully saturated rings. The van der Waals surface area contributed by atoms with Crippen molar-refractivity contribution in [2.24, 2.45) is 5.92 Å². The molecular formula is C15H29NO3. The highest BCUT2D eigenvalue weighted by Gasteiger charge is 2.32. The Bertz CT molecular complexity index is 296. The van der Waals surface area contributed by atoms with Crippen molar-refractivity contribution in [3.63, 3.8) is 0 Å². The third-order valence-corrected chi connectivity index (χ3v) is 3.16. The molecule has 0 aromatic rings. The molecule has 0 saturated carbocycles. The number of aliphatic hydroxyl groups excluding tert-OH is 1. The van der Waals surface area contributed by atoms with Gasteiger partial charge < -0.3 is 14.7 Å². The molecule has 0 aromatic heterocycles. The number of aliphatic hydroxyl groups is 1. The third-order valence-electron chi connectivity index (χ3n) is 3.16. The molecule has 112 valence electrons. The normalized spacial score (nSPS) is 16.4. The first kappa shape index (κ1) is 18.0. The number of carbonyl (C=O) groups is 1. The molecule has 4 nitrogen and oxygen atoms in total. The van der Waals surface area contributed by atoms with Crippen LogP contribution >= 0.6 is 0 Å². The number of hydrogen-bond donors (Lipinski definition) is 1. The van der Waals surface area contributed by atoms with Gasteiger partial charge in [0.15, 0.2) is 0 Å². The number of ether oxygens (including phenoxy) is 1. The lowest BCUT2D eigenvalue weighted by Crippen LogP contribution is -2.49. The van der Waals surface area contributed by atoms with Gasteiger partial charge in [0.2, 0.25) is 0 Å². The van der Waals surface area contributed by atoms with Gasteiger partial charge in [-0.1, -0.05) is 26.3 Å². The molecule has 0 aliphatic rings. The van der Waals surface area contributed by atoms with E-state index in [4.69, 9.17) is 4.74 Å². The summed E-state index contributed by atoms with van der Waals surface area (Å²) in [5, 5.41) is 10.2. The van der Waals surface area contributed by atoms with Crippen LogP contribution in [0.15, 0.2) is 12.7 Å². The molecule has 0 spiro atoms. The minimum Gasteiger partial charge on any atom is -0.444 e. The molecule has 0 unspecified atom stereocenters. The highest BCUT2D eigenvalue weighted by molar-refractivity contribution is 5.68. The van der Waals surface area contributed by atoms with Crippen molar-refractivity contribution >= 4 is 6.09 Å². The average Bonchev–Trinajstić information content (AvgIpc) is 2.26. The lowest BCUT2D eigenvalue weighted by atomic mass is 9.91. The Kier molecular flexibility index (Phi) is 7.12. The zero-order valence-corrected chi connectivity index (χ0v) is 13.1. The molecule has 3 atom stereocenters. The van der Waals surface area contributed by atoms with Crippen LogP contribution in [0.25, 0.3) is 0 Å². The summed E-state index contributed by atoms with van der Waals surface area (Å²) in [6.07, 6.45) is 1.99. The molecule has 19 heavy (non-hydrogen) atoms. The Hall–Kier alpha value is -1.03. The first-order chi connectivity index (χ1) is 8.64. The molecular weight excluding hydrogens is 242 g/mol. The van der Waals surface area contributed by atoms with Gasteiger partial charge in [-0.3, -0.25) is 0 Å². The summed E-state index contributed by atoms with van der Waals surface area (Å²) in [5.41, 5.74) is -0.533. The Labute approximate surface area is 117 Å². The van der Waals surface area contributed by atoms with Gasteiger partial charge in [-0.2, -0.15) is 0 Å². The highest BCUT2D eigenvalue weighted by atomic mass is 16.6. The maximum Gasteiger partial charge on any atom is 0.410 e. The van der Waals surface area contributed by atoms with E-state index >= 15 is 0 Å². The number of carbonyl (C=O) groups excluding carboxylic acids is 1. The average molecular weight is 271 g/mol. The van der Waals surface area contributed by atoms with E-state index < -0.39 is 17.8 Å². The molecule has 1 amide bonds. The van der Waals surface area contributed by atoms with E-state index in [0.717, 1.165) is 6.42 Å². The molecule has 0 rings (SSSR count). The standard InChI is InChI=1S/C15H29NO3/c1-8-10-12(17)13(11(3)9-2)16(7)14(18)19-15(4,5)6/h8,11-13,17H,1,9-10H2,2-7H3/t11-,12+,13-/m0/s1. The van der Waals surface area contributed by atoms with Crippen LogP contribution in [0, 0.1) is 5.92 Å². The third kappa shape index (κ3) is 6.10. The summed E-state index contributed by atoms with van der Waals surface area (Å²) in [6.45, 7) is 13.2. The van der Waals surface area contributed by atoms with Gasteiger partial charge in [-0.15, -0.1) is 6.58 Å². The van der Waals surface area contributed by atoms with E-state index in [-0.39, 0.29) is 12.0 Å². The smallest absolute Gasteiger partial charge is 0.410 e. The lowest BCUT2D eigenvalue weighted by molar-refractivity contribution is -0.00950. The van der Waals surface area contributed by atoms with Crippen molar-refractivity contribution in [3.8, 4) is 0 Å². The van der Waals surface area contributed by atoms with Gasteiger partial charge >= 0.3 is 6.09 Å². The summed E-state index contributed by atoms with van der Waals surface area (Å²) in [5.74, 6) is 0.187. The van der Waals surface area contributed by atoms with Gasteiger partial charge in [0.1, 0.15) is 5.60 Å². The van der Waals surface area contributed by atoms with Crippen molar-refractivity contribution in [1.82, 2.24) is 4.90 Å². The van der Waals surface area contributed by atoms with E-state index in [0.29, 0.717) is 6.42 Å². The van der Waals surface area contributed by atoms with E-state index in [9.17, 15) is 9.90 Å². The molecule has 1 N–H and O–H groups in total. The lowest BCUT2D eigenvalue weighted by Gasteiger charge is -2.36. The van der Waals surface area contributed by atoms with E-state index in [1.807, 2.05) is 34.6 Å². The second-order valence-corrected chi connectivity index (χ2v) is 6.06. The van der Waals surface area contributed by atoms with Crippen LogP contribution in [-0.4, -0.2) is 40.9 Å². The van der Waals surface area contributed by atoms with Crippen LogP contribution in [0.4, 0.5) is 4.79 Å². The second kappa shape index (κ2) is 7.53. The van der Waals surface area contributed by atoms with Crippen LogP contribution in [0.3, 0.4) is 0 Å². The fourth-order valence-corrected chi connectivity index (χ4v) is 2.03. The summed E-state index contributed by atoms with van der Waals surface area (Å²) < 4.78 is 5.35. The predicted molar refractivity (Wildman–Crippen MR) is 78.1 cm³/mol. The summed E-state index contributed by atoms with van der Waals surface area (Å²) in [6, 6.07) is -0.266. The summed E-state index contributed by atoms with van der Waals surface area (Å²) >= 11 is 0. The predicted octanol–water partition coefficient (Wildman–Crippen LogP) is 3.21. The largest absolute Gasteiger partial charge is 0.444 e. The summed E-state index contributed by atoms with van der Waals surface area (Å²) in [4.78, 5) is 13.6.